The number of aromatic hydroxyl groups is 1. The number of amides is 1. The van der Waals surface area contributed by atoms with Gasteiger partial charge in [0.05, 0.1) is 11.0 Å². The van der Waals surface area contributed by atoms with Crippen molar-refractivity contribution in [2.75, 3.05) is 32.7 Å². The molecule has 1 heterocycles. The maximum atomic E-state index is 12.4. The van der Waals surface area contributed by atoms with E-state index in [4.69, 9.17) is 5.11 Å². The van der Waals surface area contributed by atoms with E-state index in [2.05, 4.69) is 15.9 Å². The molecule has 2 rings (SSSR count). The van der Waals surface area contributed by atoms with E-state index >= 15 is 0 Å². The van der Waals surface area contributed by atoms with Crippen molar-refractivity contribution in [2.24, 2.45) is 0 Å². The van der Waals surface area contributed by atoms with Crippen LogP contribution in [0.3, 0.4) is 0 Å². The van der Waals surface area contributed by atoms with Crippen molar-refractivity contribution in [3.8, 4) is 5.75 Å². The van der Waals surface area contributed by atoms with Crippen molar-refractivity contribution in [3.05, 3.63) is 28.2 Å². The molecule has 1 saturated heterocycles. The topological polar surface area (TPSA) is 81.1 Å². The highest BCUT2D eigenvalue weighted by molar-refractivity contribution is 9.10. The maximum Gasteiger partial charge on any atom is 0.317 e. The first-order valence-corrected chi connectivity index (χ1v) is 7.48. The van der Waals surface area contributed by atoms with Crippen LogP contribution in [0.2, 0.25) is 0 Å². The standard InChI is InChI=1S/C14H17BrN2O4/c15-11-3-2-10(8-12(11)18)14(21)17-5-1-4-16(6-7-17)9-13(19)20/h2-3,8,18H,1,4-7,9H2,(H,19,20). The van der Waals surface area contributed by atoms with Gasteiger partial charge in [0.15, 0.2) is 0 Å². The minimum absolute atomic E-state index is 0.00109. The Labute approximate surface area is 131 Å². The van der Waals surface area contributed by atoms with Crippen LogP contribution in [0.25, 0.3) is 0 Å². The van der Waals surface area contributed by atoms with Crippen molar-refractivity contribution in [1.29, 1.82) is 0 Å². The summed E-state index contributed by atoms with van der Waals surface area (Å²) in [5.41, 5.74) is 0.433. The molecule has 0 radical (unpaired) electrons. The molecule has 0 aromatic heterocycles. The van der Waals surface area contributed by atoms with E-state index in [0.29, 0.717) is 36.2 Å². The second-order valence-corrected chi connectivity index (χ2v) is 5.84. The van der Waals surface area contributed by atoms with E-state index < -0.39 is 5.97 Å². The zero-order chi connectivity index (χ0) is 15.4. The summed E-state index contributed by atoms with van der Waals surface area (Å²) >= 11 is 3.18. The Kier molecular flexibility index (Phi) is 5.19. The first-order valence-electron chi connectivity index (χ1n) is 6.69. The van der Waals surface area contributed by atoms with Crippen molar-refractivity contribution < 1.29 is 19.8 Å². The second-order valence-electron chi connectivity index (χ2n) is 4.98. The van der Waals surface area contributed by atoms with Crippen LogP contribution in [-0.4, -0.2) is 64.6 Å². The van der Waals surface area contributed by atoms with Gasteiger partial charge in [0.2, 0.25) is 0 Å². The molecule has 6 nitrogen and oxygen atoms in total. The van der Waals surface area contributed by atoms with E-state index in [1.807, 2.05) is 4.90 Å². The molecular weight excluding hydrogens is 340 g/mol. The van der Waals surface area contributed by atoms with Crippen molar-refractivity contribution in [3.63, 3.8) is 0 Å². The molecule has 7 heteroatoms. The normalized spacial score (nSPS) is 16.5. The number of phenols is 1. The molecule has 1 aliphatic heterocycles. The molecule has 0 atom stereocenters. The van der Waals surface area contributed by atoms with Crippen LogP contribution >= 0.6 is 15.9 Å². The number of carboxylic acids is 1. The van der Waals surface area contributed by atoms with Crippen molar-refractivity contribution in [2.45, 2.75) is 6.42 Å². The van der Waals surface area contributed by atoms with Gasteiger partial charge in [-0.2, -0.15) is 0 Å². The number of rotatable bonds is 3. The lowest BCUT2D eigenvalue weighted by Crippen LogP contribution is -2.36. The number of hydrogen-bond donors (Lipinski definition) is 2. The van der Waals surface area contributed by atoms with Gasteiger partial charge < -0.3 is 15.1 Å². The third kappa shape index (κ3) is 4.18. The Morgan fingerprint density at radius 3 is 2.62 bits per heavy atom. The summed E-state index contributed by atoms with van der Waals surface area (Å²) in [7, 11) is 0. The predicted octanol–water partition coefficient (Wildman–Crippen LogP) is 1.39. The van der Waals surface area contributed by atoms with E-state index in [-0.39, 0.29) is 18.2 Å². The number of nitrogens with zero attached hydrogens (tertiary/aromatic N) is 2. The summed E-state index contributed by atoms with van der Waals surface area (Å²) in [4.78, 5) is 26.7. The molecule has 2 N–H and O–H groups in total. The number of halogens is 1. The number of aliphatic carboxylic acids is 1. The highest BCUT2D eigenvalue weighted by Crippen LogP contribution is 2.25. The van der Waals surface area contributed by atoms with Gasteiger partial charge in [-0.25, -0.2) is 0 Å². The van der Waals surface area contributed by atoms with Gasteiger partial charge in [-0.3, -0.25) is 14.5 Å². The number of carbonyl (C=O) groups is 2. The molecule has 1 aromatic carbocycles. The average Bonchev–Trinajstić information content (AvgIpc) is 2.66. The highest BCUT2D eigenvalue weighted by Gasteiger charge is 2.21. The summed E-state index contributed by atoms with van der Waals surface area (Å²) in [6, 6.07) is 4.73. The molecule has 114 valence electrons. The fourth-order valence-corrected chi connectivity index (χ4v) is 2.60. The number of hydrogen-bond acceptors (Lipinski definition) is 4. The van der Waals surface area contributed by atoms with Crippen LogP contribution in [0.5, 0.6) is 5.75 Å². The molecule has 1 amide bonds. The number of phenolic OH excluding ortho intramolecular Hbond substituents is 1. The Morgan fingerprint density at radius 2 is 1.95 bits per heavy atom. The smallest absolute Gasteiger partial charge is 0.317 e. The largest absolute Gasteiger partial charge is 0.507 e. The summed E-state index contributed by atoms with van der Waals surface area (Å²) in [6.07, 6.45) is 0.738. The molecule has 1 aromatic rings. The monoisotopic (exact) mass is 356 g/mol. The molecule has 21 heavy (non-hydrogen) atoms. The zero-order valence-electron chi connectivity index (χ0n) is 11.5. The van der Waals surface area contributed by atoms with Crippen LogP contribution in [0.15, 0.2) is 22.7 Å². The van der Waals surface area contributed by atoms with Crippen LogP contribution < -0.4 is 0 Å². The lowest BCUT2D eigenvalue weighted by Gasteiger charge is -2.21. The third-order valence-electron chi connectivity index (χ3n) is 3.43. The van der Waals surface area contributed by atoms with E-state index in [1.165, 1.54) is 6.07 Å². The quantitative estimate of drug-likeness (QED) is 0.855. The molecule has 1 aliphatic rings. The van der Waals surface area contributed by atoms with Crippen molar-refractivity contribution >= 4 is 27.8 Å². The zero-order valence-corrected chi connectivity index (χ0v) is 13.0. The molecule has 1 fully saturated rings. The summed E-state index contributed by atoms with van der Waals surface area (Å²) in [5, 5.41) is 18.5. The SMILES string of the molecule is O=C(O)CN1CCCN(C(=O)c2ccc(Br)c(O)c2)CC1. The van der Waals surface area contributed by atoms with Crippen LogP contribution in [0.4, 0.5) is 0 Å². The van der Waals surface area contributed by atoms with Crippen LogP contribution in [0, 0.1) is 0 Å². The molecule has 0 bridgehead atoms. The van der Waals surface area contributed by atoms with Gasteiger partial charge in [0.25, 0.3) is 5.91 Å². The minimum atomic E-state index is -0.854. The molecule has 0 unspecified atom stereocenters. The minimum Gasteiger partial charge on any atom is -0.507 e. The van der Waals surface area contributed by atoms with E-state index in [1.54, 1.807) is 17.0 Å². The van der Waals surface area contributed by atoms with E-state index in [9.17, 15) is 14.7 Å². The van der Waals surface area contributed by atoms with Gasteiger partial charge in [-0.1, -0.05) is 0 Å². The Morgan fingerprint density at radius 1 is 1.19 bits per heavy atom. The fourth-order valence-electron chi connectivity index (χ4n) is 2.35. The first-order chi connectivity index (χ1) is 9.97. The molecule has 0 aliphatic carbocycles. The first kappa shape index (κ1) is 15.8. The molecular formula is C14H17BrN2O4. The Bertz CT molecular complexity index is 550. The number of carbonyl (C=O) groups excluding carboxylic acids is 1. The van der Waals surface area contributed by atoms with Crippen LogP contribution in [0.1, 0.15) is 16.8 Å². The lowest BCUT2D eigenvalue weighted by molar-refractivity contribution is -0.138. The van der Waals surface area contributed by atoms with Gasteiger partial charge >= 0.3 is 5.97 Å². The fraction of sp³-hybridized carbons (Fsp3) is 0.429. The number of carboxylic acid groups (broad SMARTS) is 1. The Hall–Kier alpha value is -1.60. The maximum absolute atomic E-state index is 12.4. The number of benzene rings is 1. The second kappa shape index (κ2) is 6.91. The lowest BCUT2D eigenvalue weighted by atomic mass is 10.2. The van der Waals surface area contributed by atoms with Gasteiger partial charge in [-0.05, 0) is 40.5 Å². The summed E-state index contributed by atoms with van der Waals surface area (Å²) < 4.78 is 0.544. The average molecular weight is 357 g/mol. The predicted molar refractivity (Wildman–Crippen MR) is 80.4 cm³/mol. The van der Waals surface area contributed by atoms with Gasteiger partial charge in [-0.15, -0.1) is 0 Å². The molecule has 0 saturated carbocycles. The van der Waals surface area contributed by atoms with Crippen LogP contribution in [-0.2, 0) is 4.79 Å². The summed E-state index contributed by atoms with van der Waals surface area (Å²) in [5.74, 6) is -0.967. The van der Waals surface area contributed by atoms with Crippen molar-refractivity contribution in [1.82, 2.24) is 9.80 Å². The third-order valence-corrected chi connectivity index (χ3v) is 4.10. The Balaban J connectivity index is 2.02. The van der Waals surface area contributed by atoms with Gasteiger partial charge in [0.1, 0.15) is 5.75 Å². The molecule has 0 spiro atoms. The summed E-state index contributed by atoms with van der Waals surface area (Å²) in [6.45, 7) is 2.29. The van der Waals surface area contributed by atoms with Gasteiger partial charge in [0, 0.05) is 31.7 Å². The van der Waals surface area contributed by atoms with E-state index in [0.717, 1.165) is 6.42 Å². The highest BCUT2D eigenvalue weighted by atomic mass is 79.9.